The van der Waals surface area contributed by atoms with Crippen molar-refractivity contribution in [2.45, 2.75) is 6.92 Å². The minimum atomic E-state index is 0.743. The number of benzene rings is 1. The third-order valence-electron chi connectivity index (χ3n) is 2.72. The number of morpholine rings is 1. The summed E-state index contributed by atoms with van der Waals surface area (Å²) < 4.78 is 5.30. The van der Waals surface area contributed by atoms with Gasteiger partial charge in [-0.15, -0.1) is 0 Å². The first-order chi connectivity index (χ1) is 7.33. The molecule has 1 aromatic rings. The number of rotatable bonds is 2. The highest BCUT2D eigenvalue weighted by molar-refractivity contribution is 5.86. The number of nitrogens with zero attached hydrogens (tertiary/aromatic N) is 1. The minimum absolute atomic E-state index is 0.743. The van der Waals surface area contributed by atoms with E-state index in [9.17, 15) is 4.79 Å². The van der Waals surface area contributed by atoms with Crippen LogP contribution in [0.1, 0.15) is 15.9 Å². The summed E-state index contributed by atoms with van der Waals surface area (Å²) in [7, 11) is 0. The molecule has 0 saturated carbocycles. The fourth-order valence-electron chi connectivity index (χ4n) is 2.00. The molecule has 1 heterocycles. The van der Waals surface area contributed by atoms with Crippen LogP contribution in [-0.2, 0) is 4.74 Å². The standard InChI is InChI=1S/C12H15NO2/c1-10-3-2-4-11(9-14)12(10)13-5-7-15-8-6-13/h2-4,9H,5-8H2,1H3. The van der Waals surface area contributed by atoms with Crippen LogP contribution >= 0.6 is 0 Å². The molecule has 1 saturated heterocycles. The highest BCUT2D eigenvalue weighted by atomic mass is 16.5. The van der Waals surface area contributed by atoms with E-state index in [2.05, 4.69) is 4.90 Å². The van der Waals surface area contributed by atoms with Crippen LogP contribution in [0.25, 0.3) is 0 Å². The lowest BCUT2D eigenvalue weighted by molar-refractivity contribution is 0.111. The van der Waals surface area contributed by atoms with Crippen LogP contribution in [0.3, 0.4) is 0 Å². The first kappa shape index (κ1) is 10.2. The van der Waals surface area contributed by atoms with E-state index in [0.29, 0.717) is 0 Å². The zero-order valence-electron chi connectivity index (χ0n) is 8.90. The lowest BCUT2D eigenvalue weighted by Crippen LogP contribution is -2.37. The Morgan fingerprint density at radius 3 is 2.73 bits per heavy atom. The van der Waals surface area contributed by atoms with Crippen LogP contribution in [-0.4, -0.2) is 32.6 Å². The van der Waals surface area contributed by atoms with Gasteiger partial charge in [-0.2, -0.15) is 0 Å². The van der Waals surface area contributed by atoms with E-state index in [-0.39, 0.29) is 0 Å². The van der Waals surface area contributed by atoms with E-state index < -0.39 is 0 Å². The molecule has 0 aromatic heterocycles. The molecule has 15 heavy (non-hydrogen) atoms. The van der Waals surface area contributed by atoms with Gasteiger partial charge in [0.05, 0.1) is 18.9 Å². The number of ether oxygens (including phenoxy) is 1. The van der Waals surface area contributed by atoms with Crippen molar-refractivity contribution in [1.82, 2.24) is 0 Å². The molecule has 0 bridgehead atoms. The average molecular weight is 205 g/mol. The van der Waals surface area contributed by atoms with Gasteiger partial charge in [-0.05, 0) is 18.6 Å². The molecule has 80 valence electrons. The summed E-state index contributed by atoms with van der Waals surface area (Å²) in [5.74, 6) is 0. The van der Waals surface area contributed by atoms with E-state index in [1.54, 1.807) is 0 Å². The Bertz CT molecular complexity index is 357. The van der Waals surface area contributed by atoms with Gasteiger partial charge in [-0.25, -0.2) is 0 Å². The molecular formula is C12H15NO2. The van der Waals surface area contributed by atoms with Crippen LogP contribution in [0.2, 0.25) is 0 Å². The number of aryl methyl sites for hydroxylation is 1. The van der Waals surface area contributed by atoms with Gasteiger partial charge in [0.1, 0.15) is 0 Å². The van der Waals surface area contributed by atoms with Gasteiger partial charge in [0.25, 0.3) is 0 Å². The summed E-state index contributed by atoms with van der Waals surface area (Å²) in [5, 5.41) is 0. The monoisotopic (exact) mass is 205 g/mol. The van der Waals surface area contributed by atoms with Gasteiger partial charge < -0.3 is 9.64 Å². The first-order valence-electron chi connectivity index (χ1n) is 5.20. The van der Waals surface area contributed by atoms with Gasteiger partial charge in [0.2, 0.25) is 0 Å². The largest absolute Gasteiger partial charge is 0.378 e. The molecule has 1 aliphatic heterocycles. The molecule has 0 unspecified atom stereocenters. The van der Waals surface area contributed by atoms with Gasteiger partial charge in [0, 0.05) is 18.7 Å². The number of hydrogen-bond donors (Lipinski definition) is 0. The Kier molecular flexibility index (Phi) is 3.02. The van der Waals surface area contributed by atoms with Crippen molar-refractivity contribution in [3.05, 3.63) is 29.3 Å². The van der Waals surface area contributed by atoms with Crippen molar-refractivity contribution < 1.29 is 9.53 Å². The summed E-state index contributed by atoms with van der Waals surface area (Å²) in [6, 6.07) is 5.83. The van der Waals surface area contributed by atoms with E-state index in [1.165, 1.54) is 0 Å². The fraction of sp³-hybridized carbons (Fsp3) is 0.417. The Labute approximate surface area is 89.7 Å². The van der Waals surface area contributed by atoms with Crippen molar-refractivity contribution in [3.8, 4) is 0 Å². The van der Waals surface area contributed by atoms with Crippen LogP contribution in [0.4, 0.5) is 5.69 Å². The molecule has 1 aromatic carbocycles. The van der Waals surface area contributed by atoms with Gasteiger partial charge in [0.15, 0.2) is 6.29 Å². The van der Waals surface area contributed by atoms with E-state index in [4.69, 9.17) is 4.74 Å². The van der Waals surface area contributed by atoms with E-state index in [1.807, 2.05) is 25.1 Å². The third-order valence-corrected chi connectivity index (χ3v) is 2.72. The topological polar surface area (TPSA) is 29.5 Å². The van der Waals surface area contributed by atoms with Crippen LogP contribution in [0.15, 0.2) is 18.2 Å². The molecular weight excluding hydrogens is 190 g/mol. The zero-order chi connectivity index (χ0) is 10.7. The normalized spacial score (nSPS) is 16.5. The van der Waals surface area contributed by atoms with Gasteiger partial charge in [-0.3, -0.25) is 4.79 Å². The number of carbonyl (C=O) groups excluding carboxylic acids is 1. The summed E-state index contributed by atoms with van der Waals surface area (Å²) >= 11 is 0. The van der Waals surface area contributed by atoms with Crippen molar-refractivity contribution in [2.24, 2.45) is 0 Å². The van der Waals surface area contributed by atoms with Crippen LogP contribution < -0.4 is 4.90 Å². The average Bonchev–Trinajstić information content (AvgIpc) is 2.29. The van der Waals surface area contributed by atoms with Crippen LogP contribution in [0, 0.1) is 6.92 Å². The molecule has 0 atom stereocenters. The fourth-order valence-corrected chi connectivity index (χ4v) is 2.00. The van der Waals surface area contributed by atoms with Crippen molar-refractivity contribution in [3.63, 3.8) is 0 Å². The van der Waals surface area contributed by atoms with Gasteiger partial charge in [-0.1, -0.05) is 12.1 Å². The van der Waals surface area contributed by atoms with E-state index >= 15 is 0 Å². The summed E-state index contributed by atoms with van der Waals surface area (Å²) in [6.45, 7) is 5.26. The molecule has 1 fully saturated rings. The highest BCUT2D eigenvalue weighted by Crippen LogP contribution is 2.24. The van der Waals surface area contributed by atoms with E-state index in [0.717, 1.165) is 49.4 Å². The minimum Gasteiger partial charge on any atom is -0.378 e. The maximum Gasteiger partial charge on any atom is 0.152 e. The number of anilines is 1. The predicted molar refractivity (Wildman–Crippen MR) is 59.6 cm³/mol. The van der Waals surface area contributed by atoms with Crippen LogP contribution in [0.5, 0.6) is 0 Å². The Morgan fingerprint density at radius 1 is 1.33 bits per heavy atom. The second-order valence-corrected chi connectivity index (χ2v) is 3.73. The summed E-state index contributed by atoms with van der Waals surface area (Å²) in [6.07, 6.45) is 0.928. The molecule has 2 rings (SSSR count). The molecule has 1 aliphatic rings. The Balaban J connectivity index is 2.35. The molecule has 0 radical (unpaired) electrons. The second kappa shape index (κ2) is 4.45. The molecule has 0 amide bonds. The number of para-hydroxylation sites is 1. The summed E-state index contributed by atoms with van der Waals surface area (Å²) in [5.41, 5.74) is 2.99. The maximum absolute atomic E-state index is 11.0. The van der Waals surface area contributed by atoms with Crippen molar-refractivity contribution in [2.75, 3.05) is 31.2 Å². The third kappa shape index (κ3) is 2.02. The predicted octanol–water partition coefficient (Wildman–Crippen LogP) is 1.64. The number of carbonyl (C=O) groups is 1. The Morgan fingerprint density at radius 2 is 2.07 bits per heavy atom. The van der Waals surface area contributed by atoms with Crippen molar-refractivity contribution in [1.29, 1.82) is 0 Å². The quantitative estimate of drug-likeness (QED) is 0.687. The second-order valence-electron chi connectivity index (χ2n) is 3.73. The summed E-state index contributed by atoms with van der Waals surface area (Å²) in [4.78, 5) is 13.2. The SMILES string of the molecule is Cc1cccc(C=O)c1N1CCOCC1. The molecule has 0 spiro atoms. The Hall–Kier alpha value is -1.35. The first-order valence-corrected chi connectivity index (χ1v) is 5.20. The molecule has 0 aliphatic carbocycles. The lowest BCUT2D eigenvalue weighted by atomic mass is 10.1. The van der Waals surface area contributed by atoms with Gasteiger partial charge >= 0.3 is 0 Å². The highest BCUT2D eigenvalue weighted by Gasteiger charge is 2.16. The smallest absolute Gasteiger partial charge is 0.152 e. The molecule has 0 N–H and O–H groups in total. The number of hydrogen-bond acceptors (Lipinski definition) is 3. The van der Waals surface area contributed by atoms with Crippen molar-refractivity contribution >= 4 is 12.0 Å². The maximum atomic E-state index is 11.0. The molecule has 3 heteroatoms. The zero-order valence-corrected chi connectivity index (χ0v) is 8.90. The lowest BCUT2D eigenvalue weighted by Gasteiger charge is -2.31. The molecule has 3 nitrogen and oxygen atoms in total. The number of aldehydes is 1.